The maximum Gasteiger partial charge on any atom is 0.222 e. The summed E-state index contributed by atoms with van der Waals surface area (Å²) in [5, 5.41) is 11.9. The van der Waals surface area contributed by atoms with Gasteiger partial charge in [-0.1, -0.05) is 12.1 Å². The molecule has 0 bridgehead atoms. The summed E-state index contributed by atoms with van der Waals surface area (Å²) in [6.45, 7) is 4.49. The third-order valence-electron chi connectivity index (χ3n) is 3.52. The van der Waals surface area contributed by atoms with Gasteiger partial charge in [-0.25, -0.2) is 0 Å². The van der Waals surface area contributed by atoms with E-state index in [4.69, 9.17) is 10.00 Å². The standard InChI is InChI=1S/C16H21N3O2/c1-13(12-19-8-3-6-16(19)20)18-11-14-4-2-5-15(10-14)21-9-7-17/h2,4-5,10,13,18H,3,6,8-9,11-12H2,1H3. The number of carbonyl (C=O) groups is 1. The number of hydrogen-bond acceptors (Lipinski definition) is 4. The molecule has 1 fully saturated rings. The van der Waals surface area contributed by atoms with Crippen molar-refractivity contribution in [1.82, 2.24) is 10.2 Å². The third-order valence-corrected chi connectivity index (χ3v) is 3.52. The molecule has 1 atom stereocenters. The van der Waals surface area contributed by atoms with Gasteiger partial charge in [-0.15, -0.1) is 0 Å². The Morgan fingerprint density at radius 1 is 1.52 bits per heavy atom. The van der Waals surface area contributed by atoms with E-state index in [9.17, 15) is 4.79 Å². The number of hydrogen-bond donors (Lipinski definition) is 1. The molecule has 1 unspecified atom stereocenters. The first-order valence-corrected chi connectivity index (χ1v) is 7.29. The van der Waals surface area contributed by atoms with Crippen molar-refractivity contribution in [1.29, 1.82) is 5.26 Å². The lowest BCUT2D eigenvalue weighted by atomic mass is 10.2. The van der Waals surface area contributed by atoms with Gasteiger partial charge in [0.1, 0.15) is 11.8 Å². The maximum absolute atomic E-state index is 11.6. The van der Waals surface area contributed by atoms with Gasteiger partial charge in [0.2, 0.25) is 5.91 Å². The molecule has 0 saturated carbocycles. The van der Waals surface area contributed by atoms with Crippen LogP contribution in [0.3, 0.4) is 0 Å². The van der Waals surface area contributed by atoms with E-state index in [-0.39, 0.29) is 18.6 Å². The Hall–Kier alpha value is -2.06. The minimum atomic E-state index is 0.0599. The molecule has 0 radical (unpaired) electrons. The van der Waals surface area contributed by atoms with Crippen LogP contribution in [-0.2, 0) is 11.3 Å². The van der Waals surface area contributed by atoms with Gasteiger partial charge in [0, 0.05) is 32.1 Å². The van der Waals surface area contributed by atoms with Gasteiger partial charge >= 0.3 is 0 Å². The number of amides is 1. The van der Waals surface area contributed by atoms with E-state index in [0.717, 1.165) is 25.1 Å². The minimum absolute atomic E-state index is 0.0599. The summed E-state index contributed by atoms with van der Waals surface area (Å²) in [5.41, 5.74) is 1.10. The van der Waals surface area contributed by atoms with Gasteiger partial charge in [-0.2, -0.15) is 5.26 Å². The molecule has 5 nitrogen and oxygen atoms in total. The van der Waals surface area contributed by atoms with Crippen molar-refractivity contribution in [2.45, 2.75) is 32.4 Å². The highest BCUT2D eigenvalue weighted by Gasteiger charge is 2.21. The van der Waals surface area contributed by atoms with Crippen molar-refractivity contribution in [3.8, 4) is 11.8 Å². The lowest BCUT2D eigenvalue weighted by Gasteiger charge is -2.21. The number of benzene rings is 1. The molecule has 1 heterocycles. The number of ether oxygens (including phenoxy) is 1. The zero-order valence-corrected chi connectivity index (χ0v) is 12.3. The molecule has 1 aliphatic heterocycles. The highest BCUT2D eigenvalue weighted by molar-refractivity contribution is 5.78. The molecule has 112 valence electrons. The van der Waals surface area contributed by atoms with E-state index in [0.29, 0.717) is 18.7 Å². The zero-order chi connectivity index (χ0) is 15.1. The summed E-state index contributed by atoms with van der Waals surface area (Å²) in [7, 11) is 0. The van der Waals surface area contributed by atoms with Crippen molar-refractivity contribution in [2.24, 2.45) is 0 Å². The molecule has 0 spiro atoms. The first kappa shape index (κ1) is 15.3. The van der Waals surface area contributed by atoms with Gasteiger partial charge in [0.25, 0.3) is 0 Å². The maximum atomic E-state index is 11.6. The average molecular weight is 287 g/mol. The van der Waals surface area contributed by atoms with E-state index in [1.807, 2.05) is 35.2 Å². The largest absolute Gasteiger partial charge is 0.479 e. The van der Waals surface area contributed by atoms with E-state index >= 15 is 0 Å². The molecule has 1 N–H and O–H groups in total. The van der Waals surface area contributed by atoms with Crippen LogP contribution in [0.25, 0.3) is 0 Å². The van der Waals surface area contributed by atoms with E-state index < -0.39 is 0 Å². The SMILES string of the molecule is CC(CN1CCCC1=O)NCc1cccc(OCC#N)c1. The topological polar surface area (TPSA) is 65.4 Å². The smallest absolute Gasteiger partial charge is 0.222 e. The summed E-state index contributed by atoms with van der Waals surface area (Å²) < 4.78 is 5.28. The number of likely N-dealkylation sites (tertiary alicyclic amines) is 1. The van der Waals surface area contributed by atoms with Crippen LogP contribution in [0, 0.1) is 11.3 Å². The predicted molar refractivity (Wildman–Crippen MR) is 79.7 cm³/mol. The van der Waals surface area contributed by atoms with Crippen molar-refractivity contribution in [3.63, 3.8) is 0 Å². The Bertz CT molecular complexity index is 524. The highest BCUT2D eigenvalue weighted by atomic mass is 16.5. The monoisotopic (exact) mass is 287 g/mol. The molecular weight excluding hydrogens is 266 g/mol. The number of nitriles is 1. The van der Waals surface area contributed by atoms with Crippen molar-refractivity contribution in [3.05, 3.63) is 29.8 Å². The van der Waals surface area contributed by atoms with Gasteiger partial charge in [-0.3, -0.25) is 4.79 Å². The number of nitrogens with zero attached hydrogens (tertiary/aromatic N) is 2. The van der Waals surface area contributed by atoms with Crippen molar-refractivity contribution in [2.75, 3.05) is 19.7 Å². The van der Waals surface area contributed by atoms with Crippen LogP contribution in [0.4, 0.5) is 0 Å². The average Bonchev–Trinajstić information content (AvgIpc) is 2.89. The Balaban J connectivity index is 1.79. The quantitative estimate of drug-likeness (QED) is 0.829. The van der Waals surface area contributed by atoms with Crippen molar-refractivity contribution < 1.29 is 9.53 Å². The first-order chi connectivity index (χ1) is 10.2. The summed E-state index contributed by atoms with van der Waals surface area (Å²) >= 11 is 0. The third kappa shape index (κ3) is 4.76. The molecule has 1 saturated heterocycles. The summed E-state index contributed by atoms with van der Waals surface area (Å²) in [5.74, 6) is 0.966. The summed E-state index contributed by atoms with van der Waals surface area (Å²) in [6, 6.07) is 9.90. The minimum Gasteiger partial charge on any atom is -0.479 e. The lowest BCUT2D eigenvalue weighted by molar-refractivity contribution is -0.127. The van der Waals surface area contributed by atoms with Crippen LogP contribution < -0.4 is 10.1 Å². The van der Waals surface area contributed by atoms with Crippen LogP contribution in [0.1, 0.15) is 25.3 Å². The van der Waals surface area contributed by atoms with Crippen molar-refractivity contribution >= 4 is 5.91 Å². The second-order valence-corrected chi connectivity index (χ2v) is 5.32. The van der Waals surface area contributed by atoms with Crippen LogP contribution in [-0.4, -0.2) is 36.5 Å². The Labute approximate surface area is 125 Å². The predicted octanol–water partition coefficient (Wildman–Crippen LogP) is 1.69. The van der Waals surface area contributed by atoms with Gasteiger partial charge < -0.3 is 15.0 Å². The summed E-state index contributed by atoms with van der Waals surface area (Å²) in [4.78, 5) is 13.5. The second kappa shape index (κ2) is 7.65. The number of rotatable bonds is 7. The number of carbonyl (C=O) groups excluding carboxylic acids is 1. The van der Waals surface area contributed by atoms with Crippen LogP contribution in [0.2, 0.25) is 0 Å². The molecule has 1 amide bonds. The first-order valence-electron chi connectivity index (χ1n) is 7.29. The zero-order valence-electron chi connectivity index (χ0n) is 12.3. The lowest BCUT2D eigenvalue weighted by Crippen LogP contribution is -2.39. The number of nitrogens with one attached hydrogen (secondary N) is 1. The van der Waals surface area contributed by atoms with Gasteiger partial charge in [-0.05, 0) is 31.0 Å². The molecule has 2 rings (SSSR count). The Kier molecular flexibility index (Phi) is 5.59. The normalized spacial score (nSPS) is 15.8. The fourth-order valence-corrected chi connectivity index (χ4v) is 2.45. The molecule has 0 aliphatic carbocycles. The molecular formula is C16H21N3O2. The van der Waals surface area contributed by atoms with E-state index in [1.54, 1.807) is 0 Å². The molecule has 1 aliphatic rings. The molecule has 0 aromatic heterocycles. The fourth-order valence-electron chi connectivity index (χ4n) is 2.45. The fraction of sp³-hybridized carbons (Fsp3) is 0.500. The highest BCUT2D eigenvalue weighted by Crippen LogP contribution is 2.14. The Morgan fingerprint density at radius 3 is 3.10 bits per heavy atom. The van der Waals surface area contributed by atoms with Crippen LogP contribution >= 0.6 is 0 Å². The molecule has 1 aromatic rings. The molecule has 1 aromatic carbocycles. The second-order valence-electron chi connectivity index (χ2n) is 5.32. The summed E-state index contributed by atoms with van der Waals surface area (Å²) in [6.07, 6.45) is 1.66. The Morgan fingerprint density at radius 2 is 2.38 bits per heavy atom. The van der Waals surface area contributed by atoms with Gasteiger partial charge in [0.05, 0.1) is 0 Å². The van der Waals surface area contributed by atoms with Crippen LogP contribution in [0.5, 0.6) is 5.75 Å². The van der Waals surface area contributed by atoms with E-state index in [1.165, 1.54) is 0 Å². The van der Waals surface area contributed by atoms with E-state index in [2.05, 4.69) is 12.2 Å². The molecule has 5 heteroatoms. The van der Waals surface area contributed by atoms with Gasteiger partial charge in [0.15, 0.2) is 6.61 Å². The molecule has 21 heavy (non-hydrogen) atoms. The van der Waals surface area contributed by atoms with Crippen LogP contribution in [0.15, 0.2) is 24.3 Å².